The van der Waals surface area contributed by atoms with Gasteiger partial charge in [-0.1, -0.05) is 19.3 Å². The SMILES string of the molecule is NS(=O)(=O)c1cc(F)c(F)c(C(=O)NC2CCCCC2)c1. The minimum Gasteiger partial charge on any atom is -0.349 e. The summed E-state index contributed by atoms with van der Waals surface area (Å²) in [7, 11) is -4.22. The first kappa shape index (κ1) is 15.8. The summed E-state index contributed by atoms with van der Waals surface area (Å²) < 4.78 is 49.6. The zero-order valence-electron chi connectivity index (χ0n) is 11.2. The number of carbonyl (C=O) groups excluding carboxylic acids is 1. The minimum absolute atomic E-state index is 0.105. The third-order valence-corrected chi connectivity index (χ3v) is 4.41. The van der Waals surface area contributed by atoms with E-state index in [1.807, 2.05) is 0 Å². The lowest BCUT2D eigenvalue weighted by atomic mass is 9.95. The number of nitrogens with two attached hydrogens (primary N) is 1. The Morgan fingerprint density at radius 3 is 2.38 bits per heavy atom. The van der Waals surface area contributed by atoms with Gasteiger partial charge in [0.2, 0.25) is 10.0 Å². The van der Waals surface area contributed by atoms with Crippen molar-refractivity contribution in [3.8, 4) is 0 Å². The third-order valence-electron chi connectivity index (χ3n) is 3.52. The van der Waals surface area contributed by atoms with Crippen molar-refractivity contribution in [1.29, 1.82) is 0 Å². The van der Waals surface area contributed by atoms with Gasteiger partial charge in [0.05, 0.1) is 10.5 Å². The molecule has 0 bridgehead atoms. The van der Waals surface area contributed by atoms with E-state index >= 15 is 0 Å². The smallest absolute Gasteiger partial charge is 0.254 e. The first-order valence-corrected chi connectivity index (χ1v) is 8.16. The number of nitrogens with one attached hydrogen (secondary N) is 1. The molecule has 1 aromatic carbocycles. The summed E-state index contributed by atoms with van der Waals surface area (Å²) in [6.45, 7) is 0. The Balaban J connectivity index is 2.29. The summed E-state index contributed by atoms with van der Waals surface area (Å²) in [6.07, 6.45) is 4.53. The molecule has 116 valence electrons. The highest BCUT2D eigenvalue weighted by Crippen LogP contribution is 2.21. The molecule has 5 nitrogen and oxygen atoms in total. The second-order valence-corrected chi connectivity index (χ2v) is 6.68. The first-order valence-electron chi connectivity index (χ1n) is 6.62. The molecule has 1 aliphatic rings. The number of benzene rings is 1. The predicted molar refractivity (Wildman–Crippen MR) is 72.1 cm³/mol. The Hall–Kier alpha value is -1.54. The van der Waals surface area contributed by atoms with Crippen LogP contribution in [0.1, 0.15) is 42.5 Å². The van der Waals surface area contributed by atoms with Gasteiger partial charge in [-0.05, 0) is 25.0 Å². The number of carbonyl (C=O) groups is 1. The molecule has 0 unspecified atom stereocenters. The quantitative estimate of drug-likeness (QED) is 0.888. The second-order valence-electron chi connectivity index (χ2n) is 5.12. The number of rotatable bonds is 3. The normalized spacial score (nSPS) is 16.7. The van der Waals surface area contributed by atoms with Crippen LogP contribution in [0.5, 0.6) is 0 Å². The summed E-state index contributed by atoms with van der Waals surface area (Å²) in [5.41, 5.74) is -0.649. The number of halogens is 2. The first-order chi connectivity index (χ1) is 9.79. The van der Waals surface area contributed by atoms with Gasteiger partial charge in [0.1, 0.15) is 0 Å². The van der Waals surface area contributed by atoms with Gasteiger partial charge in [-0.2, -0.15) is 0 Å². The van der Waals surface area contributed by atoms with E-state index in [1.54, 1.807) is 0 Å². The molecule has 1 saturated carbocycles. The summed E-state index contributed by atoms with van der Waals surface area (Å²) in [6, 6.07) is 1.11. The van der Waals surface area contributed by atoms with Crippen LogP contribution in [0.25, 0.3) is 0 Å². The predicted octanol–water partition coefficient (Wildman–Crippen LogP) is 1.67. The Morgan fingerprint density at radius 1 is 1.19 bits per heavy atom. The molecule has 1 aliphatic carbocycles. The van der Waals surface area contributed by atoms with Gasteiger partial charge in [-0.25, -0.2) is 22.3 Å². The van der Waals surface area contributed by atoms with E-state index in [2.05, 4.69) is 5.32 Å². The number of primary sulfonamides is 1. The molecule has 1 amide bonds. The summed E-state index contributed by atoms with van der Waals surface area (Å²) in [5, 5.41) is 7.48. The highest BCUT2D eigenvalue weighted by Gasteiger charge is 2.23. The molecule has 0 spiro atoms. The Morgan fingerprint density at radius 2 is 1.81 bits per heavy atom. The van der Waals surface area contributed by atoms with Crippen molar-refractivity contribution in [2.75, 3.05) is 0 Å². The highest BCUT2D eigenvalue weighted by molar-refractivity contribution is 7.89. The van der Waals surface area contributed by atoms with Gasteiger partial charge in [-0.15, -0.1) is 0 Å². The zero-order chi connectivity index (χ0) is 15.6. The molecule has 1 fully saturated rings. The number of hydrogen-bond donors (Lipinski definition) is 2. The van der Waals surface area contributed by atoms with Crippen LogP contribution < -0.4 is 10.5 Å². The lowest BCUT2D eigenvalue weighted by Crippen LogP contribution is -2.36. The van der Waals surface area contributed by atoms with Crippen molar-refractivity contribution in [2.24, 2.45) is 5.14 Å². The van der Waals surface area contributed by atoms with Crippen molar-refractivity contribution in [1.82, 2.24) is 5.32 Å². The van der Waals surface area contributed by atoms with Crippen molar-refractivity contribution in [3.63, 3.8) is 0 Å². The monoisotopic (exact) mass is 318 g/mol. The summed E-state index contributed by atoms with van der Waals surface area (Å²) >= 11 is 0. The second kappa shape index (κ2) is 6.07. The largest absolute Gasteiger partial charge is 0.349 e. The van der Waals surface area contributed by atoms with Crippen LogP contribution in [0.3, 0.4) is 0 Å². The third kappa shape index (κ3) is 3.76. The van der Waals surface area contributed by atoms with E-state index in [0.717, 1.165) is 38.2 Å². The van der Waals surface area contributed by atoms with Gasteiger partial charge < -0.3 is 5.32 Å². The van der Waals surface area contributed by atoms with Crippen LogP contribution in [0.4, 0.5) is 8.78 Å². The molecule has 3 N–H and O–H groups in total. The lowest BCUT2D eigenvalue weighted by molar-refractivity contribution is 0.0922. The molecular weight excluding hydrogens is 302 g/mol. The molecule has 8 heteroatoms. The van der Waals surface area contributed by atoms with Crippen LogP contribution in [-0.4, -0.2) is 20.4 Å². The molecule has 0 atom stereocenters. The number of sulfonamides is 1. The summed E-state index contributed by atoms with van der Waals surface area (Å²) in [4.78, 5) is 11.4. The molecule has 2 rings (SSSR count). The zero-order valence-corrected chi connectivity index (χ0v) is 12.1. The van der Waals surface area contributed by atoms with Gasteiger partial charge in [0.25, 0.3) is 5.91 Å². The van der Waals surface area contributed by atoms with Crippen molar-refractivity contribution >= 4 is 15.9 Å². The standard InChI is InChI=1S/C13H16F2N2O3S/c14-11-7-9(21(16,19)20)6-10(12(11)15)13(18)17-8-4-2-1-3-5-8/h6-8H,1-5H2,(H,17,18)(H2,16,19,20). The Labute approximate surface area is 121 Å². The fraction of sp³-hybridized carbons (Fsp3) is 0.462. The van der Waals surface area contributed by atoms with E-state index in [1.165, 1.54) is 0 Å². The van der Waals surface area contributed by atoms with E-state index in [4.69, 9.17) is 5.14 Å². The fourth-order valence-electron chi connectivity index (χ4n) is 2.40. The van der Waals surface area contributed by atoms with E-state index in [9.17, 15) is 22.0 Å². The van der Waals surface area contributed by atoms with Gasteiger partial charge >= 0.3 is 0 Å². The van der Waals surface area contributed by atoms with Crippen LogP contribution in [0, 0.1) is 11.6 Å². The Bertz CT molecular complexity index is 656. The topological polar surface area (TPSA) is 89.3 Å². The van der Waals surface area contributed by atoms with Gasteiger partial charge in [0.15, 0.2) is 11.6 Å². The lowest BCUT2D eigenvalue weighted by Gasteiger charge is -2.23. The molecule has 0 radical (unpaired) electrons. The number of amides is 1. The number of hydrogen-bond acceptors (Lipinski definition) is 3. The van der Waals surface area contributed by atoms with Gasteiger partial charge in [0, 0.05) is 6.04 Å². The fourth-order valence-corrected chi connectivity index (χ4v) is 2.95. The van der Waals surface area contributed by atoms with Crippen LogP contribution >= 0.6 is 0 Å². The highest BCUT2D eigenvalue weighted by atomic mass is 32.2. The van der Waals surface area contributed by atoms with Crippen molar-refractivity contribution < 1.29 is 22.0 Å². The van der Waals surface area contributed by atoms with E-state index in [0.29, 0.717) is 6.07 Å². The Kier molecular flexibility index (Phi) is 4.58. The molecule has 21 heavy (non-hydrogen) atoms. The minimum atomic E-state index is -4.22. The molecule has 1 aromatic rings. The molecule has 0 heterocycles. The van der Waals surface area contributed by atoms with Crippen LogP contribution in [0.15, 0.2) is 17.0 Å². The van der Waals surface area contributed by atoms with E-state index in [-0.39, 0.29) is 6.04 Å². The van der Waals surface area contributed by atoms with Crippen LogP contribution in [-0.2, 0) is 10.0 Å². The maximum atomic E-state index is 13.7. The maximum Gasteiger partial charge on any atom is 0.254 e. The van der Waals surface area contributed by atoms with Crippen molar-refractivity contribution in [3.05, 3.63) is 29.3 Å². The molecular formula is C13H16F2N2O3S. The molecule has 0 saturated heterocycles. The average Bonchev–Trinajstić information content (AvgIpc) is 2.41. The van der Waals surface area contributed by atoms with Gasteiger partial charge in [-0.3, -0.25) is 4.79 Å². The maximum absolute atomic E-state index is 13.7. The van der Waals surface area contributed by atoms with E-state index < -0.39 is 38.0 Å². The molecule has 0 aliphatic heterocycles. The van der Waals surface area contributed by atoms with Crippen molar-refractivity contribution in [2.45, 2.75) is 43.0 Å². The molecule has 0 aromatic heterocycles. The summed E-state index contributed by atoms with van der Waals surface area (Å²) in [5.74, 6) is -3.63. The average molecular weight is 318 g/mol. The van der Waals surface area contributed by atoms with Crippen LogP contribution in [0.2, 0.25) is 0 Å².